The molecule has 0 aromatic heterocycles. The maximum absolute atomic E-state index is 16.7. The zero-order valence-corrected chi connectivity index (χ0v) is 26.0. The van der Waals surface area contributed by atoms with E-state index in [1.807, 2.05) is 0 Å². The van der Waals surface area contributed by atoms with Gasteiger partial charge in [-0.05, 0) is 80.6 Å². The monoisotopic (exact) mass is 974 g/mol. The Balaban J connectivity index is 2.30. The topological polar surface area (TPSA) is 0 Å². The first-order valence-corrected chi connectivity index (χ1v) is 13.7. The first-order valence-electron chi connectivity index (χ1n) is 10.0. The molecule has 1 aliphatic carbocycles. The summed E-state index contributed by atoms with van der Waals surface area (Å²) in [7, 11) is 0. The molecule has 0 radical (unpaired) electrons. The Hall–Kier alpha value is -0.260. The third kappa shape index (κ3) is 4.38. The van der Waals surface area contributed by atoms with E-state index in [1.165, 1.54) is 0 Å². The van der Waals surface area contributed by atoms with Crippen molar-refractivity contribution < 1.29 is 70.2 Å². The molecule has 0 nitrogen and oxygen atoms in total. The average Bonchev–Trinajstić information content (AvgIpc) is 3.06. The van der Waals surface area contributed by atoms with Crippen LogP contribution < -0.4 is 0 Å². The SMILES string of the molecule is FC(F)(F)C(F)(F)C(F)(I)C(F)(F)C(F)(F)C(F)(F)C(F)(F)C(F)(I)C1(F)c2cc(Br)ccc2-c2ccc(Br)cc21. The minimum Gasteiger partial charge on any atom is -0.229 e. The molecular weight excluding hydrogens is 970 g/mol. The molecule has 0 saturated carbocycles. The molecule has 3 rings (SSSR count). The Morgan fingerprint density at radius 2 is 0.854 bits per heavy atom. The van der Waals surface area contributed by atoms with E-state index in [2.05, 4.69) is 31.9 Å². The molecule has 0 bridgehead atoms. The Bertz CT molecular complexity index is 1320. The van der Waals surface area contributed by atoms with Gasteiger partial charge in [-0.3, -0.25) is 0 Å². The number of hydrogen-bond donors (Lipinski definition) is 0. The van der Waals surface area contributed by atoms with Gasteiger partial charge in [0.05, 0.1) is 0 Å². The molecular formula is C21H6Br2F16I2. The fraction of sp³-hybridized carbons (Fsp3) is 0.429. The van der Waals surface area contributed by atoms with Crippen molar-refractivity contribution in [3.8, 4) is 11.1 Å². The van der Waals surface area contributed by atoms with E-state index in [-0.39, 0.29) is 8.95 Å². The van der Waals surface area contributed by atoms with Gasteiger partial charge in [-0.15, -0.1) is 0 Å². The fourth-order valence-corrected chi connectivity index (χ4v) is 6.22. The second kappa shape index (κ2) is 9.87. The molecule has 1 aliphatic rings. The summed E-state index contributed by atoms with van der Waals surface area (Å²) in [6.07, 6.45) is -7.42. The summed E-state index contributed by atoms with van der Waals surface area (Å²) in [5.74, 6) is -39.1. The van der Waals surface area contributed by atoms with E-state index in [9.17, 15) is 52.7 Å². The first kappa shape index (κ1) is 35.2. The number of benzene rings is 2. The van der Waals surface area contributed by atoms with Crippen LogP contribution >= 0.6 is 77.0 Å². The van der Waals surface area contributed by atoms with Crippen molar-refractivity contribution in [2.75, 3.05) is 0 Å². The smallest absolute Gasteiger partial charge is 0.229 e. The van der Waals surface area contributed by atoms with Gasteiger partial charge in [-0.25, -0.2) is 13.2 Å². The summed E-state index contributed by atoms with van der Waals surface area (Å²) in [5, 5.41) is 0. The molecule has 230 valence electrons. The zero-order valence-electron chi connectivity index (χ0n) is 18.5. The van der Waals surface area contributed by atoms with Crippen molar-refractivity contribution in [1.29, 1.82) is 0 Å². The van der Waals surface area contributed by atoms with Crippen LogP contribution in [0.1, 0.15) is 11.1 Å². The van der Waals surface area contributed by atoms with Gasteiger partial charge in [0.25, 0.3) is 3.68 Å². The third-order valence-corrected chi connectivity index (χ3v) is 9.91. The maximum atomic E-state index is 16.7. The summed E-state index contributed by atoms with van der Waals surface area (Å²) in [5.41, 5.74) is -7.92. The lowest BCUT2D eigenvalue weighted by Gasteiger charge is -2.46. The summed E-state index contributed by atoms with van der Waals surface area (Å²) in [4.78, 5) is 0. The molecule has 0 aliphatic heterocycles. The van der Waals surface area contributed by atoms with Gasteiger partial charge < -0.3 is 0 Å². The van der Waals surface area contributed by atoms with Gasteiger partial charge in [-0.1, -0.05) is 44.0 Å². The standard InChI is InChI=1S/C21H6Br2F16I2/c22-7-1-3-9-10-4-2-8(23)6-12(10)13(24,11(9)5-7)19(35,40)16(29,30)14(25,26)15(27,28)17(31,32)20(36,41)18(33,34)21(37,38)39/h1-6H. The Labute approximate surface area is 262 Å². The van der Waals surface area contributed by atoms with Crippen molar-refractivity contribution in [3.63, 3.8) is 0 Å². The van der Waals surface area contributed by atoms with E-state index < -0.39 is 116 Å². The zero-order chi connectivity index (χ0) is 32.2. The highest BCUT2D eigenvalue weighted by atomic mass is 127. The van der Waals surface area contributed by atoms with Crippen LogP contribution in [0.25, 0.3) is 11.1 Å². The van der Waals surface area contributed by atoms with Gasteiger partial charge in [-0.2, -0.15) is 57.1 Å². The van der Waals surface area contributed by atoms with E-state index in [1.54, 1.807) is 0 Å². The largest absolute Gasteiger partial charge is 0.457 e. The number of alkyl halides is 18. The predicted octanol–water partition coefficient (Wildman–Crippen LogP) is 11.3. The van der Waals surface area contributed by atoms with Gasteiger partial charge >= 0.3 is 39.5 Å². The highest BCUT2D eigenvalue weighted by Crippen LogP contribution is 2.70. The molecule has 0 heterocycles. The summed E-state index contributed by atoms with van der Waals surface area (Å²) in [6.45, 7) is 0. The van der Waals surface area contributed by atoms with Crippen molar-refractivity contribution >= 4 is 77.0 Å². The summed E-state index contributed by atoms with van der Waals surface area (Å²) in [6, 6.07) is 5.36. The molecule has 2 aromatic carbocycles. The number of rotatable bonds is 7. The lowest BCUT2D eigenvalue weighted by molar-refractivity contribution is -0.414. The lowest BCUT2D eigenvalue weighted by Crippen LogP contribution is -2.75. The minimum atomic E-state index is -8.20. The normalized spacial score (nSPS) is 19.3. The van der Waals surface area contributed by atoms with Crippen LogP contribution in [0.3, 0.4) is 0 Å². The highest BCUT2D eigenvalue weighted by Gasteiger charge is 2.94. The quantitative estimate of drug-likeness (QED) is 0.147. The van der Waals surface area contributed by atoms with Gasteiger partial charge in [0.1, 0.15) is 0 Å². The Morgan fingerprint density at radius 3 is 1.20 bits per heavy atom. The fourth-order valence-electron chi connectivity index (χ4n) is 3.94. The molecule has 0 N–H and O–H groups in total. The van der Waals surface area contributed by atoms with E-state index >= 15 is 17.6 Å². The molecule has 2 unspecified atom stereocenters. The van der Waals surface area contributed by atoms with Crippen LogP contribution in [0, 0.1) is 0 Å². The summed E-state index contributed by atoms with van der Waals surface area (Å²) < 4.78 is 216. The molecule has 20 heteroatoms. The maximum Gasteiger partial charge on any atom is 0.457 e. The summed E-state index contributed by atoms with van der Waals surface area (Å²) >= 11 is 3.89. The Kier molecular flexibility index (Phi) is 8.48. The second-order valence-electron chi connectivity index (χ2n) is 8.56. The van der Waals surface area contributed by atoms with Crippen molar-refractivity contribution in [1.82, 2.24) is 0 Å². The molecule has 0 amide bonds. The van der Waals surface area contributed by atoms with Crippen LogP contribution in [0.15, 0.2) is 45.3 Å². The molecule has 0 saturated heterocycles. The minimum absolute atomic E-state index is 0.203. The predicted molar refractivity (Wildman–Crippen MR) is 136 cm³/mol. The van der Waals surface area contributed by atoms with Crippen LogP contribution in [-0.4, -0.2) is 43.1 Å². The average molecular weight is 976 g/mol. The van der Waals surface area contributed by atoms with Crippen molar-refractivity contribution in [3.05, 3.63) is 56.5 Å². The van der Waals surface area contributed by atoms with Crippen molar-refractivity contribution in [2.24, 2.45) is 0 Å². The molecule has 2 aromatic rings. The van der Waals surface area contributed by atoms with Gasteiger partial charge in [0, 0.05) is 20.1 Å². The van der Waals surface area contributed by atoms with E-state index in [0.717, 1.165) is 24.3 Å². The van der Waals surface area contributed by atoms with Gasteiger partial charge in [0.15, 0.2) is 0 Å². The van der Waals surface area contributed by atoms with E-state index in [0.29, 0.717) is 12.1 Å². The molecule has 0 spiro atoms. The number of fused-ring (bicyclic) bond motifs is 3. The van der Waals surface area contributed by atoms with Crippen molar-refractivity contribution in [2.45, 2.75) is 48.8 Å². The molecule has 2 atom stereocenters. The Morgan fingerprint density at radius 1 is 0.512 bits per heavy atom. The van der Waals surface area contributed by atoms with Crippen LogP contribution in [0.2, 0.25) is 0 Å². The highest BCUT2D eigenvalue weighted by molar-refractivity contribution is 14.1. The van der Waals surface area contributed by atoms with Gasteiger partial charge in [0.2, 0.25) is 5.67 Å². The third-order valence-electron chi connectivity index (χ3n) is 6.15. The number of hydrogen-bond acceptors (Lipinski definition) is 0. The second-order valence-corrected chi connectivity index (χ2v) is 13.4. The molecule has 0 fully saturated rings. The van der Waals surface area contributed by atoms with Crippen LogP contribution in [0.5, 0.6) is 0 Å². The molecule has 41 heavy (non-hydrogen) atoms. The van der Waals surface area contributed by atoms with Crippen LogP contribution in [-0.2, 0) is 5.67 Å². The first-order chi connectivity index (χ1) is 18.0. The van der Waals surface area contributed by atoms with Crippen LogP contribution in [0.4, 0.5) is 70.2 Å². The number of halogens is 20. The lowest BCUT2D eigenvalue weighted by atomic mass is 9.81. The van der Waals surface area contributed by atoms with E-state index in [4.69, 9.17) is 0 Å².